The molecule has 0 fully saturated rings. The topological polar surface area (TPSA) is 60.5 Å². The average Bonchev–Trinajstić information content (AvgIpc) is 2.55. The van der Waals surface area contributed by atoms with Gasteiger partial charge in [-0.25, -0.2) is 0 Å². The Bertz CT molecular complexity index is 666. The minimum atomic E-state index is -2.96. The molecule has 1 heterocycles. The smallest absolute Gasteiger partial charge is 0.387 e. The highest BCUT2D eigenvalue weighted by atomic mass is 19.3. The maximum Gasteiger partial charge on any atom is 0.387 e. The van der Waals surface area contributed by atoms with Crippen LogP contribution in [-0.4, -0.2) is 24.6 Å². The fourth-order valence-electron chi connectivity index (χ4n) is 2.02. The molecule has 122 valence electrons. The zero-order chi connectivity index (χ0) is 16.8. The van der Waals surface area contributed by atoms with Crippen LogP contribution in [-0.2, 0) is 0 Å². The van der Waals surface area contributed by atoms with E-state index in [9.17, 15) is 13.6 Å². The number of rotatable bonds is 6. The van der Waals surface area contributed by atoms with Crippen molar-refractivity contribution >= 4 is 5.91 Å². The maximum absolute atomic E-state index is 12.3. The van der Waals surface area contributed by atoms with Gasteiger partial charge in [-0.05, 0) is 42.8 Å². The second kappa shape index (κ2) is 7.53. The third-order valence-electron chi connectivity index (χ3n) is 3.20. The Morgan fingerprint density at radius 2 is 1.87 bits per heavy atom. The Morgan fingerprint density at radius 1 is 1.17 bits per heavy atom. The Balaban J connectivity index is 2.13. The molecule has 1 unspecified atom stereocenters. The van der Waals surface area contributed by atoms with Gasteiger partial charge in [-0.15, -0.1) is 0 Å². The van der Waals surface area contributed by atoms with Gasteiger partial charge in [0.25, 0.3) is 5.91 Å². The fraction of sp³-hybridized carbons (Fsp3) is 0.250. The van der Waals surface area contributed by atoms with Crippen molar-refractivity contribution in [2.24, 2.45) is 0 Å². The molecule has 23 heavy (non-hydrogen) atoms. The lowest BCUT2D eigenvalue weighted by molar-refractivity contribution is -0.0512. The number of pyridine rings is 1. The number of ether oxygens (including phenoxy) is 2. The van der Waals surface area contributed by atoms with Crippen LogP contribution in [0.15, 0.2) is 42.7 Å². The van der Waals surface area contributed by atoms with E-state index in [0.717, 1.165) is 5.56 Å². The SMILES string of the molecule is COc1cc(C(=O)NC(C)c2ccncc2)ccc1OC(F)F. The minimum Gasteiger partial charge on any atom is -0.493 e. The molecule has 2 rings (SSSR count). The summed E-state index contributed by atoms with van der Waals surface area (Å²) in [5.74, 6) is -0.410. The molecule has 5 nitrogen and oxygen atoms in total. The largest absolute Gasteiger partial charge is 0.493 e. The summed E-state index contributed by atoms with van der Waals surface area (Å²) in [5, 5.41) is 2.81. The first-order valence-electron chi connectivity index (χ1n) is 6.85. The van der Waals surface area contributed by atoms with Crippen molar-refractivity contribution in [3.8, 4) is 11.5 Å². The zero-order valence-electron chi connectivity index (χ0n) is 12.6. The summed E-state index contributed by atoms with van der Waals surface area (Å²) >= 11 is 0. The van der Waals surface area contributed by atoms with Gasteiger partial charge in [0, 0.05) is 18.0 Å². The molecule has 1 aromatic heterocycles. The van der Waals surface area contributed by atoms with Gasteiger partial charge in [-0.1, -0.05) is 0 Å². The molecule has 1 aromatic carbocycles. The van der Waals surface area contributed by atoms with Gasteiger partial charge >= 0.3 is 6.61 Å². The molecule has 0 saturated heterocycles. The highest BCUT2D eigenvalue weighted by molar-refractivity contribution is 5.95. The molecular weight excluding hydrogens is 306 g/mol. The van der Waals surface area contributed by atoms with Crippen molar-refractivity contribution in [2.45, 2.75) is 19.6 Å². The Hall–Kier alpha value is -2.70. The maximum atomic E-state index is 12.3. The summed E-state index contributed by atoms with van der Waals surface area (Å²) < 4.78 is 33.9. The van der Waals surface area contributed by atoms with Gasteiger partial charge in [0.2, 0.25) is 0 Å². The lowest BCUT2D eigenvalue weighted by Gasteiger charge is -2.15. The predicted octanol–water partition coefficient (Wildman–Crippen LogP) is 3.18. The first kappa shape index (κ1) is 16.7. The molecule has 0 bridgehead atoms. The number of halogens is 2. The molecule has 1 N–H and O–H groups in total. The summed E-state index contributed by atoms with van der Waals surface area (Å²) in [4.78, 5) is 16.2. The number of carbonyl (C=O) groups excluding carboxylic acids is 1. The van der Waals surface area contributed by atoms with Crippen LogP contribution in [0.25, 0.3) is 0 Å². The van der Waals surface area contributed by atoms with Gasteiger partial charge < -0.3 is 14.8 Å². The fourth-order valence-corrected chi connectivity index (χ4v) is 2.02. The number of aromatic nitrogens is 1. The number of hydrogen-bond acceptors (Lipinski definition) is 4. The van der Waals surface area contributed by atoms with Crippen LogP contribution in [0.1, 0.15) is 28.9 Å². The van der Waals surface area contributed by atoms with Crippen LogP contribution in [0.2, 0.25) is 0 Å². The summed E-state index contributed by atoms with van der Waals surface area (Å²) in [6.07, 6.45) is 3.27. The van der Waals surface area contributed by atoms with Crippen LogP contribution >= 0.6 is 0 Å². The molecule has 0 saturated carbocycles. The molecule has 0 aliphatic rings. The van der Waals surface area contributed by atoms with Gasteiger partial charge in [0.1, 0.15) is 0 Å². The minimum absolute atomic E-state index is 0.0644. The van der Waals surface area contributed by atoms with Crippen LogP contribution in [0.4, 0.5) is 8.78 Å². The van der Waals surface area contributed by atoms with E-state index < -0.39 is 6.61 Å². The van der Waals surface area contributed by atoms with E-state index in [1.54, 1.807) is 24.5 Å². The number of nitrogens with one attached hydrogen (secondary N) is 1. The highest BCUT2D eigenvalue weighted by Crippen LogP contribution is 2.29. The predicted molar refractivity (Wildman–Crippen MR) is 79.7 cm³/mol. The third kappa shape index (κ3) is 4.38. The Morgan fingerprint density at radius 3 is 2.48 bits per heavy atom. The molecule has 1 atom stereocenters. The van der Waals surface area contributed by atoms with E-state index in [0.29, 0.717) is 0 Å². The lowest BCUT2D eigenvalue weighted by atomic mass is 10.1. The lowest BCUT2D eigenvalue weighted by Crippen LogP contribution is -2.26. The third-order valence-corrected chi connectivity index (χ3v) is 3.20. The van der Waals surface area contributed by atoms with Gasteiger partial charge in [-0.2, -0.15) is 8.78 Å². The van der Waals surface area contributed by atoms with E-state index in [4.69, 9.17) is 4.74 Å². The van der Waals surface area contributed by atoms with E-state index in [2.05, 4.69) is 15.0 Å². The first-order chi connectivity index (χ1) is 11.0. The van der Waals surface area contributed by atoms with Gasteiger partial charge in [0.05, 0.1) is 13.2 Å². The quantitative estimate of drug-likeness (QED) is 0.887. The molecule has 0 radical (unpaired) electrons. The molecular formula is C16H16F2N2O3. The van der Waals surface area contributed by atoms with Gasteiger partial charge in [0.15, 0.2) is 11.5 Å². The van der Waals surface area contributed by atoms with Crippen LogP contribution in [0.5, 0.6) is 11.5 Å². The number of hydrogen-bond donors (Lipinski definition) is 1. The zero-order valence-corrected chi connectivity index (χ0v) is 12.6. The van der Waals surface area contributed by atoms with E-state index in [-0.39, 0.29) is 29.0 Å². The van der Waals surface area contributed by atoms with Crippen molar-refractivity contribution in [3.05, 3.63) is 53.9 Å². The van der Waals surface area contributed by atoms with Crippen LogP contribution in [0, 0.1) is 0 Å². The van der Waals surface area contributed by atoms with Crippen molar-refractivity contribution in [1.29, 1.82) is 0 Å². The first-order valence-corrected chi connectivity index (χ1v) is 6.85. The van der Waals surface area contributed by atoms with Crippen molar-refractivity contribution in [2.75, 3.05) is 7.11 Å². The molecule has 0 aliphatic carbocycles. The number of amides is 1. The molecule has 2 aromatic rings. The van der Waals surface area contributed by atoms with E-state index in [1.807, 2.05) is 6.92 Å². The number of carbonyl (C=O) groups is 1. The van der Waals surface area contributed by atoms with Crippen LogP contribution in [0.3, 0.4) is 0 Å². The van der Waals surface area contributed by atoms with Crippen molar-refractivity contribution < 1.29 is 23.0 Å². The molecule has 0 aliphatic heterocycles. The van der Waals surface area contributed by atoms with E-state index in [1.165, 1.54) is 25.3 Å². The highest BCUT2D eigenvalue weighted by Gasteiger charge is 2.16. The van der Waals surface area contributed by atoms with Gasteiger partial charge in [-0.3, -0.25) is 9.78 Å². The van der Waals surface area contributed by atoms with E-state index >= 15 is 0 Å². The Labute approximate surface area is 132 Å². The second-order valence-electron chi connectivity index (χ2n) is 4.72. The van der Waals surface area contributed by atoms with Crippen molar-refractivity contribution in [1.82, 2.24) is 10.3 Å². The standard InChI is InChI=1S/C16H16F2N2O3/c1-10(11-5-7-19-8-6-11)20-15(21)12-3-4-13(23-16(17)18)14(9-12)22-2/h3-10,16H,1-2H3,(H,20,21). The summed E-state index contributed by atoms with van der Waals surface area (Å²) in [6.45, 7) is -1.13. The number of alkyl halides is 2. The summed E-state index contributed by atoms with van der Waals surface area (Å²) in [5.41, 5.74) is 1.18. The number of methoxy groups -OCH3 is 1. The number of nitrogens with zero attached hydrogens (tertiary/aromatic N) is 1. The van der Waals surface area contributed by atoms with Crippen molar-refractivity contribution in [3.63, 3.8) is 0 Å². The monoisotopic (exact) mass is 322 g/mol. The second-order valence-corrected chi connectivity index (χ2v) is 4.72. The molecule has 0 spiro atoms. The van der Waals surface area contributed by atoms with Crippen LogP contribution < -0.4 is 14.8 Å². The average molecular weight is 322 g/mol. The summed E-state index contributed by atoms with van der Waals surface area (Å²) in [6, 6.07) is 7.39. The molecule has 7 heteroatoms. The Kier molecular flexibility index (Phi) is 5.46. The molecule has 1 amide bonds. The summed E-state index contributed by atoms with van der Waals surface area (Å²) in [7, 11) is 1.31. The number of benzene rings is 1. The normalized spacial score (nSPS) is 11.9.